The highest BCUT2D eigenvalue weighted by atomic mass is 16.5. The minimum atomic E-state index is -0.606. The van der Waals surface area contributed by atoms with Gasteiger partial charge in [0.15, 0.2) is 0 Å². The lowest BCUT2D eigenvalue weighted by molar-refractivity contribution is -0.132. The summed E-state index contributed by atoms with van der Waals surface area (Å²) in [7, 11) is 0. The summed E-state index contributed by atoms with van der Waals surface area (Å²) in [6.07, 6.45) is 2.82. The molecule has 0 unspecified atom stereocenters. The number of morpholine rings is 1. The van der Waals surface area contributed by atoms with Crippen molar-refractivity contribution in [3.8, 4) is 0 Å². The van der Waals surface area contributed by atoms with Gasteiger partial charge >= 0.3 is 0 Å². The van der Waals surface area contributed by atoms with Gasteiger partial charge < -0.3 is 19.4 Å². The molecule has 1 aromatic heterocycles. The Morgan fingerprint density at radius 3 is 2.79 bits per heavy atom. The first-order valence-corrected chi connectivity index (χ1v) is 9.63. The molecule has 4 rings (SSSR count). The van der Waals surface area contributed by atoms with E-state index in [0.29, 0.717) is 25.3 Å². The fourth-order valence-corrected chi connectivity index (χ4v) is 3.96. The van der Waals surface area contributed by atoms with E-state index < -0.39 is 6.04 Å². The van der Waals surface area contributed by atoms with Crippen LogP contribution in [0.2, 0.25) is 0 Å². The summed E-state index contributed by atoms with van der Waals surface area (Å²) in [6.45, 7) is 5.25. The highest BCUT2D eigenvalue weighted by molar-refractivity contribution is 5.97. The van der Waals surface area contributed by atoms with E-state index in [4.69, 9.17) is 9.15 Å². The SMILES string of the molecule is C[C@H](NC(=O)c1ccoc1)C(=O)N1C[C@@H]2OCCN(Cc3ccccc3)[C@@H]2C1. The first-order valence-electron chi connectivity index (χ1n) is 9.63. The first-order chi connectivity index (χ1) is 13.6. The molecule has 0 bridgehead atoms. The zero-order valence-corrected chi connectivity index (χ0v) is 15.9. The molecule has 0 saturated carbocycles. The molecule has 0 spiro atoms. The van der Waals surface area contributed by atoms with Crippen LogP contribution in [-0.2, 0) is 16.1 Å². The van der Waals surface area contributed by atoms with Gasteiger partial charge in [0.1, 0.15) is 12.3 Å². The lowest BCUT2D eigenvalue weighted by Crippen LogP contribution is -2.50. The van der Waals surface area contributed by atoms with Gasteiger partial charge in [-0.2, -0.15) is 0 Å². The van der Waals surface area contributed by atoms with Crippen LogP contribution in [0.4, 0.5) is 0 Å². The van der Waals surface area contributed by atoms with Crippen LogP contribution in [0.3, 0.4) is 0 Å². The normalized spacial score (nSPS) is 23.2. The predicted octanol–water partition coefficient (Wildman–Crippen LogP) is 1.51. The van der Waals surface area contributed by atoms with Crippen LogP contribution in [0.15, 0.2) is 53.3 Å². The first kappa shape index (κ1) is 18.7. The van der Waals surface area contributed by atoms with E-state index in [1.165, 1.54) is 18.1 Å². The third-order valence-electron chi connectivity index (χ3n) is 5.46. The Morgan fingerprint density at radius 1 is 1.21 bits per heavy atom. The number of rotatable bonds is 5. The lowest BCUT2D eigenvalue weighted by Gasteiger charge is -2.36. The van der Waals surface area contributed by atoms with Crippen molar-refractivity contribution in [2.75, 3.05) is 26.2 Å². The number of hydrogen-bond acceptors (Lipinski definition) is 5. The van der Waals surface area contributed by atoms with Gasteiger partial charge in [-0.3, -0.25) is 14.5 Å². The van der Waals surface area contributed by atoms with Gasteiger partial charge in [0.2, 0.25) is 5.91 Å². The summed E-state index contributed by atoms with van der Waals surface area (Å²) in [6, 6.07) is 11.5. The zero-order valence-electron chi connectivity index (χ0n) is 15.9. The number of fused-ring (bicyclic) bond motifs is 1. The molecule has 1 N–H and O–H groups in total. The van der Waals surface area contributed by atoms with E-state index in [1.807, 2.05) is 18.2 Å². The number of carbonyl (C=O) groups is 2. The van der Waals surface area contributed by atoms with Crippen molar-refractivity contribution in [3.63, 3.8) is 0 Å². The maximum Gasteiger partial charge on any atom is 0.255 e. The van der Waals surface area contributed by atoms with Crippen LogP contribution in [-0.4, -0.2) is 66.0 Å². The van der Waals surface area contributed by atoms with Crippen molar-refractivity contribution >= 4 is 11.8 Å². The fraction of sp³-hybridized carbons (Fsp3) is 0.429. The van der Waals surface area contributed by atoms with E-state index in [9.17, 15) is 9.59 Å². The van der Waals surface area contributed by atoms with E-state index >= 15 is 0 Å². The average Bonchev–Trinajstić information content (AvgIpc) is 3.38. The topological polar surface area (TPSA) is 75.0 Å². The zero-order chi connectivity index (χ0) is 19.5. The molecule has 3 atom stereocenters. The monoisotopic (exact) mass is 383 g/mol. The number of nitrogens with one attached hydrogen (secondary N) is 1. The molecule has 7 nitrogen and oxygen atoms in total. The summed E-state index contributed by atoms with van der Waals surface area (Å²) in [4.78, 5) is 29.2. The molecular weight excluding hydrogens is 358 g/mol. The molecule has 2 saturated heterocycles. The molecule has 0 aliphatic carbocycles. The number of carbonyl (C=O) groups excluding carboxylic acids is 2. The molecule has 28 heavy (non-hydrogen) atoms. The van der Waals surface area contributed by atoms with Crippen molar-refractivity contribution in [3.05, 3.63) is 60.1 Å². The van der Waals surface area contributed by atoms with Crippen LogP contribution in [0, 0.1) is 0 Å². The Balaban J connectivity index is 1.37. The fourth-order valence-electron chi connectivity index (χ4n) is 3.96. The smallest absolute Gasteiger partial charge is 0.255 e. The lowest BCUT2D eigenvalue weighted by atomic mass is 10.1. The molecule has 2 aliphatic rings. The van der Waals surface area contributed by atoms with E-state index in [1.54, 1.807) is 17.9 Å². The van der Waals surface area contributed by atoms with Gasteiger partial charge in [0.05, 0.1) is 30.6 Å². The van der Waals surface area contributed by atoms with Gasteiger partial charge in [-0.25, -0.2) is 0 Å². The van der Waals surface area contributed by atoms with Crippen molar-refractivity contribution in [1.29, 1.82) is 0 Å². The Kier molecular flexibility index (Phi) is 5.45. The predicted molar refractivity (Wildman–Crippen MR) is 103 cm³/mol. The molecule has 1 aromatic carbocycles. The summed E-state index contributed by atoms with van der Waals surface area (Å²) in [5.41, 5.74) is 1.67. The van der Waals surface area contributed by atoms with Gasteiger partial charge in [0, 0.05) is 26.2 Å². The minimum Gasteiger partial charge on any atom is -0.472 e. The number of amides is 2. The van der Waals surface area contributed by atoms with Gasteiger partial charge in [-0.05, 0) is 18.6 Å². The molecule has 2 aromatic rings. The van der Waals surface area contributed by atoms with Crippen LogP contribution in [0.1, 0.15) is 22.8 Å². The summed E-state index contributed by atoms with van der Waals surface area (Å²) in [5.74, 6) is -0.400. The molecule has 2 aliphatic heterocycles. The summed E-state index contributed by atoms with van der Waals surface area (Å²) >= 11 is 0. The second-order valence-electron chi connectivity index (χ2n) is 7.38. The van der Waals surface area contributed by atoms with Crippen molar-refractivity contribution in [2.24, 2.45) is 0 Å². The van der Waals surface area contributed by atoms with Crippen LogP contribution in [0.5, 0.6) is 0 Å². The number of hydrogen-bond donors (Lipinski definition) is 1. The average molecular weight is 383 g/mol. The number of furan rings is 1. The van der Waals surface area contributed by atoms with Gasteiger partial charge in [-0.1, -0.05) is 30.3 Å². The molecule has 2 amide bonds. The highest BCUT2D eigenvalue weighted by Crippen LogP contribution is 2.25. The standard InChI is InChI=1S/C21H25N3O4/c1-15(22-20(25)17-7-9-27-14-17)21(26)24-12-18-19(13-24)28-10-8-23(18)11-16-5-3-2-4-6-16/h2-7,9,14-15,18-19H,8,10-13H2,1H3,(H,22,25)/t15-,18+,19-/m0/s1. The molecule has 148 valence electrons. The number of benzene rings is 1. The van der Waals surface area contributed by atoms with Crippen LogP contribution >= 0.6 is 0 Å². The Morgan fingerprint density at radius 2 is 2.04 bits per heavy atom. The van der Waals surface area contributed by atoms with Crippen LogP contribution in [0.25, 0.3) is 0 Å². The maximum atomic E-state index is 12.9. The maximum absolute atomic E-state index is 12.9. The number of nitrogens with zero attached hydrogens (tertiary/aromatic N) is 2. The Hall–Kier alpha value is -2.64. The van der Waals surface area contributed by atoms with Crippen molar-refractivity contribution < 1.29 is 18.7 Å². The second-order valence-corrected chi connectivity index (χ2v) is 7.38. The number of ether oxygens (including phenoxy) is 1. The Labute approximate surface area is 164 Å². The summed E-state index contributed by atoms with van der Waals surface area (Å²) in [5, 5.41) is 2.75. The highest BCUT2D eigenvalue weighted by Gasteiger charge is 2.42. The van der Waals surface area contributed by atoms with E-state index in [-0.39, 0.29) is 24.0 Å². The van der Waals surface area contributed by atoms with Gasteiger partial charge in [0.25, 0.3) is 5.91 Å². The molecule has 0 radical (unpaired) electrons. The molecule has 7 heteroatoms. The van der Waals surface area contributed by atoms with E-state index in [0.717, 1.165) is 13.1 Å². The van der Waals surface area contributed by atoms with Crippen LogP contribution < -0.4 is 5.32 Å². The third kappa shape index (κ3) is 3.95. The third-order valence-corrected chi connectivity index (χ3v) is 5.46. The second kappa shape index (κ2) is 8.16. The molecule has 2 fully saturated rings. The summed E-state index contributed by atoms with van der Waals surface area (Å²) < 4.78 is 10.9. The van der Waals surface area contributed by atoms with Crippen molar-refractivity contribution in [2.45, 2.75) is 31.7 Å². The van der Waals surface area contributed by atoms with Crippen molar-refractivity contribution in [1.82, 2.24) is 15.1 Å². The molecular formula is C21H25N3O4. The molecule has 3 heterocycles. The quantitative estimate of drug-likeness (QED) is 0.847. The van der Waals surface area contributed by atoms with E-state index in [2.05, 4.69) is 22.3 Å². The number of likely N-dealkylation sites (tertiary alicyclic amines) is 1. The van der Waals surface area contributed by atoms with Gasteiger partial charge in [-0.15, -0.1) is 0 Å². The Bertz CT molecular complexity index is 808. The largest absolute Gasteiger partial charge is 0.472 e. The minimum absolute atomic E-state index is 0.0122.